The van der Waals surface area contributed by atoms with Gasteiger partial charge in [-0.25, -0.2) is 0 Å². The first-order valence-electron chi connectivity index (χ1n) is 3.80. The van der Waals surface area contributed by atoms with Crippen molar-refractivity contribution in [3.8, 4) is 11.5 Å². The summed E-state index contributed by atoms with van der Waals surface area (Å²) < 4.78 is 5.02. The fourth-order valence-corrected chi connectivity index (χ4v) is 0.787. The van der Waals surface area contributed by atoms with Crippen LogP contribution in [0.3, 0.4) is 0 Å². The predicted octanol–water partition coefficient (Wildman–Crippen LogP) is 1.53. The van der Waals surface area contributed by atoms with Crippen LogP contribution in [-0.4, -0.2) is 17.5 Å². The smallest absolute Gasteiger partial charge is 0.192 e. The average Bonchev–Trinajstić information content (AvgIpc) is 2.16. The van der Waals surface area contributed by atoms with Crippen LogP contribution < -0.4 is 4.74 Å². The highest BCUT2D eigenvalue weighted by Gasteiger charge is 2.01. The Balaban J connectivity index is 2.59. The van der Waals surface area contributed by atoms with Gasteiger partial charge in [0, 0.05) is 0 Å². The molecular weight excluding hydrogens is 168 g/mol. The number of rotatable bonds is 4. The van der Waals surface area contributed by atoms with Gasteiger partial charge in [0.2, 0.25) is 0 Å². The van der Waals surface area contributed by atoms with Gasteiger partial charge in [-0.3, -0.25) is 4.79 Å². The number of carbonyl (C=O) groups is 1. The third-order valence-electron chi connectivity index (χ3n) is 1.46. The van der Waals surface area contributed by atoms with Gasteiger partial charge in [-0.2, -0.15) is 0 Å². The highest BCUT2D eigenvalue weighted by atomic mass is 16.5. The Morgan fingerprint density at radius 3 is 2.85 bits per heavy atom. The molecule has 13 heavy (non-hydrogen) atoms. The van der Waals surface area contributed by atoms with Gasteiger partial charge in [0.1, 0.15) is 0 Å². The molecule has 0 heterocycles. The summed E-state index contributed by atoms with van der Waals surface area (Å²) in [5.41, 5.74) is 0. The lowest BCUT2D eigenvalue weighted by Gasteiger charge is -2.04. The van der Waals surface area contributed by atoms with E-state index in [0.717, 1.165) is 0 Å². The van der Waals surface area contributed by atoms with Crippen LogP contribution in [0.25, 0.3) is 0 Å². The molecule has 0 amide bonds. The second-order valence-corrected chi connectivity index (χ2v) is 2.43. The lowest BCUT2D eigenvalue weighted by atomic mass is 10.3. The van der Waals surface area contributed by atoms with Crippen LogP contribution in [-0.2, 0) is 4.79 Å². The summed E-state index contributed by atoms with van der Waals surface area (Å²) in [5, 5.41) is 9.23. The van der Waals surface area contributed by atoms with Crippen molar-refractivity contribution in [1.29, 1.82) is 0 Å². The molecule has 0 spiro atoms. The van der Waals surface area contributed by atoms with E-state index < -0.39 is 0 Å². The molecule has 1 rings (SSSR count). The maximum Gasteiger partial charge on any atom is 0.192 e. The van der Waals surface area contributed by atoms with E-state index in [-0.39, 0.29) is 18.1 Å². The van der Waals surface area contributed by atoms with Crippen molar-refractivity contribution >= 4 is 5.78 Å². The zero-order valence-electron chi connectivity index (χ0n) is 7.06. The molecule has 0 aliphatic rings. The van der Waals surface area contributed by atoms with Crippen LogP contribution in [0.1, 0.15) is 0 Å². The van der Waals surface area contributed by atoms with Gasteiger partial charge in [0.25, 0.3) is 0 Å². The van der Waals surface area contributed by atoms with Gasteiger partial charge in [0.05, 0.1) is 0 Å². The summed E-state index contributed by atoms with van der Waals surface area (Å²) in [6.07, 6.45) is 1.18. The van der Waals surface area contributed by atoms with Gasteiger partial charge in [-0.05, 0) is 18.2 Å². The van der Waals surface area contributed by atoms with Crippen molar-refractivity contribution in [2.45, 2.75) is 0 Å². The van der Waals surface area contributed by atoms with Crippen molar-refractivity contribution in [1.82, 2.24) is 0 Å². The Bertz CT molecular complexity index is 318. The monoisotopic (exact) mass is 178 g/mol. The zero-order valence-corrected chi connectivity index (χ0v) is 7.06. The molecule has 1 N–H and O–H groups in total. The molecule has 0 aliphatic heterocycles. The SMILES string of the molecule is C=CC(=O)COc1ccccc1O. The fourth-order valence-electron chi connectivity index (χ4n) is 0.787. The molecule has 0 saturated heterocycles. The molecule has 0 aromatic heterocycles. The predicted molar refractivity (Wildman–Crippen MR) is 48.8 cm³/mol. The molecule has 3 heteroatoms. The first kappa shape index (κ1) is 9.32. The van der Waals surface area contributed by atoms with Gasteiger partial charge >= 0.3 is 0 Å². The van der Waals surface area contributed by atoms with Crippen LogP contribution in [0.4, 0.5) is 0 Å². The third-order valence-corrected chi connectivity index (χ3v) is 1.46. The quantitative estimate of drug-likeness (QED) is 0.711. The summed E-state index contributed by atoms with van der Waals surface area (Å²) in [6, 6.07) is 6.48. The van der Waals surface area contributed by atoms with Crippen molar-refractivity contribution in [3.63, 3.8) is 0 Å². The first-order valence-corrected chi connectivity index (χ1v) is 3.80. The maximum absolute atomic E-state index is 10.8. The van der Waals surface area contributed by atoms with Crippen molar-refractivity contribution in [3.05, 3.63) is 36.9 Å². The van der Waals surface area contributed by atoms with Gasteiger partial charge in [0.15, 0.2) is 23.9 Å². The molecule has 0 unspecified atom stereocenters. The molecule has 0 aliphatic carbocycles. The second-order valence-electron chi connectivity index (χ2n) is 2.43. The normalized spacial score (nSPS) is 9.23. The van der Waals surface area contributed by atoms with E-state index in [1.54, 1.807) is 18.2 Å². The Morgan fingerprint density at radius 2 is 2.23 bits per heavy atom. The molecule has 1 aromatic rings. The minimum absolute atomic E-state index is 0.0272. The van der Waals surface area contributed by atoms with E-state index in [1.165, 1.54) is 12.1 Å². The van der Waals surface area contributed by atoms with Gasteiger partial charge in [-0.1, -0.05) is 18.7 Å². The van der Waals surface area contributed by atoms with Crippen LogP contribution >= 0.6 is 0 Å². The van der Waals surface area contributed by atoms with E-state index in [1.807, 2.05) is 0 Å². The maximum atomic E-state index is 10.8. The number of phenolic OH excluding ortho intramolecular Hbond substituents is 1. The van der Waals surface area contributed by atoms with Crippen molar-refractivity contribution in [2.75, 3.05) is 6.61 Å². The van der Waals surface area contributed by atoms with Crippen LogP contribution in [0.2, 0.25) is 0 Å². The minimum Gasteiger partial charge on any atom is -0.504 e. The second kappa shape index (κ2) is 4.30. The average molecular weight is 178 g/mol. The lowest BCUT2D eigenvalue weighted by Crippen LogP contribution is -2.07. The Morgan fingerprint density at radius 1 is 1.54 bits per heavy atom. The van der Waals surface area contributed by atoms with E-state index in [2.05, 4.69) is 6.58 Å². The minimum atomic E-state index is -0.219. The van der Waals surface area contributed by atoms with E-state index in [4.69, 9.17) is 4.74 Å². The number of ether oxygens (including phenoxy) is 1. The Hall–Kier alpha value is -1.77. The molecular formula is C10H10O3. The number of phenols is 1. The number of para-hydroxylation sites is 2. The summed E-state index contributed by atoms with van der Waals surface area (Å²) in [4.78, 5) is 10.8. The van der Waals surface area contributed by atoms with Gasteiger partial charge in [-0.15, -0.1) is 0 Å². The van der Waals surface area contributed by atoms with E-state index >= 15 is 0 Å². The van der Waals surface area contributed by atoms with E-state index in [0.29, 0.717) is 5.75 Å². The standard InChI is InChI=1S/C10H10O3/c1-2-8(11)7-13-10-6-4-3-5-9(10)12/h2-6,12H,1,7H2. The number of hydrogen-bond donors (Lipinski definition) is 1. The summed E-state index contributed by atoms with van der Waals surface area (Å²) >= 11 is 0. The largest absolute Gasteiger partial charge is 0.504 e. The number of benzene rings is 1. The summed E-state index contributed by atoms with van der Waals surface area (Å²) in [5.74, 6) is 0.111. The number of aromatic hydroxyl groups is 1. The van der Waals surface area contributed by atoms with Crippen molar-refractivity contribution < 1.29 is 14.6 Å². The molecule has 0 saturated carbocycles. The number of ketones is 1. The third kappa shape index (κ3) is 2.63. The zero-order chi connectivity index (χ0) is 9.68. The number of hydrogen-bond acceptors (Lipinski definition) is 3. The summed E-state index contributed by atoms with van der Waals surface area (Å²) in [6.45, 7) is 3.21. The first-order chi connectivity index (χ1) is 6.24. The van der Waals surface area contributed by atoms with Crippen LogP contribution in [0.5, 0.6) is 11.5 Å². The lowest BCUT2D eigenvalue weighted by molar-refractivity contribution is -0.116. The molecule has 0 fully saturated rings. The summed E-state index contributed by atoms with van der Waals surface area (Å²) in [7, 11) is 0. The fraction of sp³-hybridized carbons (Fsp3) is 0.100. The molecule has 0 atom stereocenters. The highest BCUT2D eigenvalue weighted by molar-refractivity contribution is 5.90. The van der Waals surface area contributed by atoms with E-state index in [9.17, 15) is 9.90 Å². The molecule has 0 bridgehead atoms. The Labute approximate surface area is 76.3 Å². The van der Waals surface area contributed by atoms with Crippen LogP contribution in [0, 0.1) is 0 Å². The highest BCUT2D eigenvalue weighted by Crippen LogP contribution is 2.23. The topological polar surface area (TPSA) is 46.5 Å². The number of carbonyl (C=O) groups excluding carboxylic acids is 1. The molecule has 0 radical (unpaired) electrons. The van der Waals surface area contributed by atoms with Crippen molar-refractivity contribution in [2.24, 2.45) is 0 Å². The molecule has 3 nitrogen and oxygen atoms in total. The molecule has 68 valence electrons. The van der Waals surface area contributed by atoms with Gasteiger partial charge < -0.3 is 9.84 Å². The molecule has 1 aromatic carbocycles. The Kier molecular flexibility index (Phi) is 3.09. The van der Waals surface area contributed by atoms with Crippen LogP contribution in [0.15, 0.2) is 36.9 Å².